The Hall–Kier alpha value is -1.07. The molecule has 0 spiro atoms. The first-order valence-corrected chi connectivity index (χ1v) is 6.78. The van der Waals surface area contributed by atoms with Gasteiger partial charge in [-0.25, -0.2) is 4.79 Å². The van der Waals surface area contributed by atoms with Crippen molar-refractivity contribution in [3.8, 4) is 0 Å². The molecule has 1 aromatic rings. The Bertz CT molecular complexity index is 372. The van der Waals surface area contributed by atoms with Gasteiger partial charge in [0.15, 0.2) is 5.37 Å². The number of aromatic nitrogens is 1. The van der Waals surface area contributed by atoms with Crippen LogP contribution in [-0.4, -0.2) is 40.1 Å². The second-order valence-corrected chi connectivity index (χ2v) is 4.95. The molecule has 92 valence electrons. The molecular formula is C12H16N2O2S. The Morgan fingerprint density at radius 1 is 1.65 bits per heavy atom. The van der Waals surface area contributed by atoms with Gasteiger partial charge in [0, 0.05) is 25.0 Å². The van der Waals surface area contributed by atoms with E-state index in [-0.39, 0.29) is 11.3 Å². The van der Waals surface area contributed by atoms with Crippen LogP contribution in [0.2, 0.25) is 0 Å². The molecule has 0 amide bonds. The average Bonchev–Trinajstić information content (AvgIpc) is 2.79. The number of carbonyl (C=O) groups excluding carboxylic acids is 1. The van der Waals surface area contributed by atoms with Crippen molar-refractivity contribution in [2.75, 3.05) is 18.9 Å². The average molecular weight is 252 g/mol. The fraction of sp³-hybridized carbons (Fsp3) is 0.500. The maximum Gasteiger partial charge on any atom is 0.333 e. The van der Waals surface area contributed by atoms with Crippen LogP contribution in [-0.2, 0) is 16.1 Å². The zero-order chi connectivity index (χ0) is 12.1. The van der Waals surface area contributed by atoms with Crippen LogP contribution in [0.3, 0.4) is 0 Å². The van der Waals surface area contributed by atoms with Gasteiger partial charge in [-0.3, -0.25) is 9.88 Å². The molecule has 1 aliphatic rings. The monoisotopic (exact) mass is 252 g/mol. The lowest BCUT2D eigenvalue weighted by Gasteiger charge is -2.21. The van der Waals surface area contributed by atoms with E-state index in [1.54, 1.807) is 18.0 Å². The van der Waals surface area contributed by atoms with Gasteiger partial charge in [0.25, 0.3) is 0 Å². The van der Waals surface area contributed by atoms with Crippen molar-refractivity contribution in [1.29, 1.82) is 0 Å². The molecule has 0 bridgehead atoms. The molecule has 0 aromatic carbocycles. The smallest absolute Gasteiger partial charge is 0.333 e. The van der Waals surface area contributed by atoms with E-state index < -0.39 is 0 Å². The molecule has 17 heavy (non-hydrogen) atoms. The van der Waals surface area contributed by atoms with Crippen LogP contribution in [0.1, 0.15) is 12.6 Å². The van der Waals surface area contributed by atoms with E-state index in [9.17, 15) is 4.79 Å². The van der Waals surface area contributed by atoms with Crippen molar-refractivity contribution in [1.82, 2.24) is 9.88 Å². The van der Waals surface area contributed by atoms with Gasteiger partial charge >= 0.3 is 5.97 Å². The summed E-state index contributed by atoms with van der Waals surface area (Å²) in [6.07, 6.45) is 1.78. The van der Waals surface area contributed by atoms with Crippen LogP contribution < -0.4 is 0 Å². The number of pyridine rings is 1. The summed E-state index contributed by atoms with van der Waals surface area (Å²) in [5.41, 5.74) is 0.990. The highest BCUT2D eigenvalue weighted by Crippen LogP contribution is 2.26. The van der Waals surface area contributed by atoms with Crippen molar-refractivity contribution < 1.29 is 9.53 Å². The Morgan fingerprint density at radius 3 is 3.24 bits per heavy atom. The topological polar surface area (TPSA) is 42.4 Å². The molecule has 2 rings (SSSR count). The third-order valence-electron chi connectivity index (χ3n) is 2.57. The molecule has 2 heterocycles. The Balaban J connectivity index is 1.98. The highest BCUT2D eigenvalue weighted by atomic mass is 32.2. The fourth-order valence-electron chi connectivity index (χ4n) is 1.80. The van der Waals surface area contributed by atoms with Gasteiger partial charge in [-0.2, -0.15) is 0 Å². The molecule has 0 radical (unpaired) electrons. The van der Waals surface area contributed by atoms with Crippen molar-refractivity contribution in [2.45, 2.75) is 18.8 Å². The predicted octanol–water partition coefficient (Wildman–Crippen LogP) is 1.52. The van der Waals surface area contributed by atoms with E-state index in [0.29, 0.717) is 13.2 Å². The van der Waals surface area contributed by atoms with E-state index >= 15 is 0 Å². The summed E-state index contributed by atoms with van der Waals surface area (Å²) in [6.45, 7) is 3.88. The molecule has 0 aliphatic carbocycles. The Kier molecular flexibility index (Phi) is 4.39. The van der Waals surface area contributed by atoms with Gasteiger partial charge in [0.1, 0.15) is 0 Å². The van der Waals surface area contributed by atoms with Gasteiger partial charge in [0.05, 0.1) is 12.3 Å². The second-order valence-electron chi connectivity index (χ2n) is 3.77. The Morgan fingerprint density at radius 2 is 2.53 bits per heavy atom. The first-order chi connectivity index (χ1) is 8.31. The second kappa shape index (κ2) is 6.02. The summed E-state index contributed by atoms with van der Waals surface area (Å²) < 4.78 is 5.07. The van der Waals surface area contributed by atoms with E-state index in [0.717, 1.165) is 18.0 Å². The lowest BCUT2D eigenvalue weighted by molar-refractivity contribution is -0.145. The molecule has 0 saturated carbocycles. The van der Waals surface area contributed by atoms with Gasteiger partial charge < -0.3 is 4.74 Å². The number of hydrogen-bond acceptors (Lipinski definition) is 5. The quantitative estimate of drug-likeness (QED) is 0.760. The van der Waals surface area contributed by atoms with E-state index in [4.69, 9.17) is 4.74 Å². The molecule has 1 saturated heterocycles. The summed E-state index contributed by atoms with van der Waals surface area (Å²) in [5.74, 6) is 0.835. The predicted molar refractivity (Wildman–Crippen MR) is 67.5 cm³/mol. The van der Waals surface area contributed by atoms with E-state index in [1.807, 2.05) is 25.1 Å². The summed E-state index contributed by atoms with van der Waals surface area (Å²) in [4.78, 5) is 18.1. The summed E-state index contributed by atoms with van der Waals surface area (Å²) >= 11 is 1.64. The van der Waals surface area contributed by atoms with Gasteiger partial charge in [-0.15, -0.1) is 11.8 Å². The SMILES string of the molecule is CCOC(=O)C1SCCN1Cc1ccccn1. The van der Waals surface area contributed by atoms with Crippen LogP contribution in [0.25, 0.3) is 0 Å². The fourth-order valence-corrected chi connectivity index (χ4v) is 2.95. The number of nitrogens with zero attached hydrogens (tertiary/aromatic N) is 2. The minimum Gasteiger partial charge on any atom is -0.464 e. The maximum absolute atomic E-state index is 11.7. The van der Waals surface area contributed by atoms with Crippen molar-refractivity contribution >= 4 is 17.7 Å². The number of ether oxygens (including phenoxy) is 1. The standard InChI is InChI=1S/C12H16N2O2S/c1-2-16-12(15)11-14(7-8-17-11)9-10-5-3-4-6-13-10/h3-6,11H,2,7-9H2,1H3. The highest BCUT2D eigenvalue weighted by molar-refractivity contribution is 8.00. The van der Waals surface area contributed by atoms with Gasteiger partial charge in [0.2, 0.25) is 0 Å². The summed E-state index contributed by atoms with van der Waals surface area (Å²) in [6, 6.07) is 5.83. The summed E-state index contributed by atoms with van der Waals surface area (Å²) in [7, 11) is 0. The third-order valence-corrected chi connectivity index (χ3v) is 3.79. The van der Waals surface area contributed by atoms with Gasteiger partial charge in [-0.05, 0) is 19.1 Å². The first-order valence-electron chi connectivity index (χ1n) is 5.73. The lowest BCUT2D eigenvalue weighted by atomic mass is 10.3. The highest BCUT2D eigenvalue weighted by Gasteiger charge is 2.32. The third kappa shape index (κ3) is 3.20. The van der Waals surface area contributed by atoms with Crippen LogP contribution in [0.15, 0.2) is 24.4 Å². The van der Waals surface area contributed by atoms with Crippen molar-refractivity contribution in [3.63, 3.8) is 0 Å². The summed E-state index contributed by atoms with van der Waals surface area (Å²) in [5, 5.41) is -0.169. The maximum atomic E-state index is 11.7. The zero-order valence-electron chi connectivity index (χ0n) is 9.83. The van der Waals surface area contributed by atoms with E-state index in [1.165, 1.54) is 0 Å². The Labute approximate surface area is 105 Å². The van der Waals surface area contributed by atoms with Crippen LogP contribution >= 0.6 is 11.8 Å². The minimum absolute atomic E-state index is 0.133. The molecule has 0 N–H and O–H groups in total. The minimum atomic E-state index is -0.169. The zero-order valence-corrected chi connectivity index (χ0v) is 10.7. The van der Waals surface area contributed by atoms with Gasteiger partial charge in [-0.1, -0.05) is 6.07 Å². The largest absolute Gasteiger partial charge is 0.464 e. The van der Waals surface area contributed by atoms with E-state index in [2.05, 4.69) is 9.88 Å². The molecule has 1 unspecified atom stereocenters. The number of thioether (sulfide) groups is 1. The molecule has 1 aromatic heterocycles. The molecule has 5 heteroatoms. The molecule has 1 aliphatic heterocycles. The van der Waals surface area contributed by atoms with Crippen LogP contribution in [0.4, 0.5) is 0 Å². The number of rotatable bonds is 4. The number of esters is 1. The first kappa shape index (κ1) is 12.4. The molecule has 1 fully saturated rings. The van der Waals surface area contributed by atoms with Crippen molar-refractivity contribution in [2.24, 2.45) is 0 Å². The lowest BCUT2D eigenvalue weighted by Crippen LogP contribution is -2.35. The molecule has 1 atom stereocenters. The number of carbonyl (C=O) groups is 1. The van der Waals surface area contributed by atoms with Crippen LogP contribution in [0, 0.1) is 0 Å². The normalized spacial score (nSPS) is 20.4. The molecule has 4 nitrogen and oxygen atoms in total. The number of hydrogen-bond donors (Lipinski definition) is 0. The van der Waals surface area contributed by atoms with Crippen LogP contribution in [0.5, 0.6) is 0 Å². The molecular weight excluding hydrogens is 236 g/mol. The van der Waals surface area contributed by atoms with Crippen molar-refractivity contribution in [3.05, 3.63) is 30.1 Å².